The zero-order valence-corrected chi connectivity index (χ0v) is 11.7. The molecule has 0 bridgehead atoms. The van der Waals surface area contributed by atoms with Crippen LogP contribution in [0.25, 0.3) is 0 Å². The van der Waals surface area contributed by atoms with E-state index in [0.717, 1.165) is 10.6 Å². The molecule has 21 heavy (non-hydrogen) atoms. The number of hydrogen-bond donors (Lipinski definition) is 0. The lowest BCUT2D eigenvalue weighted by Gasteiger charge is -2.12. The van der Waals surface area contributed by atoms with E-state index >= 15 is 0 Å². The zero-order chi connectivity index (χ0) is 15.0. The summed E-state index contributed by atoms with van der Waals surface area (Å²) in [7, 11) is 2.82. The first-order valence-electron chi connectivity index (χ1n) is 6.59. The predicted molar refractivity (Wildman–Crippen MR) is 72.2 cm³/mol. The van der Waals surface area contributed by atoms with E-state index in [-0.39, 0.29) is 24.1 Å². The van der Waals surface area contributed by atoms with Gasteiger partial charge in [0.2, 0.25) is 5.82 Å². The molecule has 2 heterocycles. The van der Waals surface area contributed by atoms with Gasteiger partial charge in [-0.15, -0.1) is 5.10 Å². The maximum atomic E-state index is 14.1. The summed E-state index contributed by atoms with van der Waals surface area (Å²) in [6.45, 7) is 0. The van der Waals surface area contributed by atoms with Crippen LogP contribution in [-0.2, 0) is 4.84 Å². The van der Waals surface area contributed by atoms with Gasteiger partial charge in [0.25, 0.3) is 0 Å². The number of alkyl halides is 1. The van der Waals surface area contributed by atoms with Crippen molar-refractivity contribution in [3.63, 3.8) is 0 Å². The van der Waals surface area contributed by atoms with Crippen molar-refractivity contribution in [2.45, 2.75) is 18.6 Å². The first-order valence-corrected chi connectivity index (χ1v) is 6.59. The average molecular weight is 290 g/mol. The molecule has 0 N–H and O–H groups in total. The van der Waals surface area contributed by atoms with E-state index in [4.69, 9.17) is 4.84 Å². The molecular formula is C14H15FN4O2. The summed E-state index contributed by atoms with van der Waals surface area (Å²) in [6.07, 6.45) is -0.939. The monoisotopic (exact) mass is 290 g/mol. The molecule has 0 saturated carbocycles. The van der Waals surface area contributed by atoms with Gasteiger partial charge >= 0.3 is 5.91 Å². The van der Waals surface area contributed by atoms with E-state index in [2.05, 4.69) is 10.1 Å². The Labute approximate surface area is 121 Å². The second-order valence-corrected chi connectivity index (χ2v) is 4.85. The largest absolute Gasteiger partial charge is 0.316 e. The van der Waals surface area contributed by atoms with Crippen LogP contribution in [0.2, 0.25) is 0 Å². The highest BCUT2D eigenvalue weighted by Crippen LogP contribution is 2.39. The molecule has 1 aliphatic heterocycles. The van der Waals surface area contributed by atoms with E-state index in [1.54, 1.807) is 0 Å². The standard InChI is InChI=1S/C14H15FN4O2/c1-18(21-2)14(20)12-16-13-10(15)8-11(19(13)17-12)9-6-4-3-5-7-9/h3-7,10-11H,8H2,1-2H3/t10-,11-/m0/s1. The molecule has 1 aliphatic rings. The lowest BCUT2D eigenvalue weighted by molar-refractivity contribution is -0.0764. The van der Waals surface area contributed by atoms with Crippen molar-refractivity contribution in [1.29, 1.82) is 0 Å². The SMILES string of the molecule is CON(C)C(=O)c1nc2n(n1)[C@H](c1ccccc1)C[C@@H]2F. The number of carbonyl (C=O) groups excluding carboxylic acids is 1. The van der Waals surface area contributed by atoms with Crippen molar-refractivity contribution < 1.29 is 14.0 Å². The fraction of sp³-hybridized carbons (Fsp3) is 0.357. The number of hydrogen-bond acceptors (Lipinski definition) is 4. The zero-order valence-electron chi connectivity index (χ0n) is 11.7. The fourth-order valence-corrected chi connectivity index (χ4v) is 2.45. The number of aromatic nitrogens is 3. The highest BCUT2D eigenvalue weighted by atomic mass is 19.1. The van der Waals surface area contributed by atoms with Gasteiger partial charge in [-0.1, -0.05) is 30.3 Å². The molecule has 1 amide bonds. The summed E-state index contributed by atoms with van der Waals surface area (Å²) < 4.78 is 15.6. The second kappa shape index (κ2) is 5.25. The van der Waals surface area contributed by atoms with Gasteiger partial charge in [0.15, 0.2) is 12.0 Å². The molecule has 7 heteroatoms. The third kappa shape index (κ3) is 2.29. The summed E-state index contributed by atoms with van der Waals surface area (Å²) in [5, 5.41) is 5.17. The molecule has 2 aromatic rings. The molecule has 2 atom stereocenters. The maximum absolute atomic E-state index is 14.1. The van der Waals surface area contributed by atoms with E-state index in [1.165, 1.54) is 18.8 Å². The van der Waals surface area contributed by atoms with Crippen molar-refractivity contribution in [2.75, 3.05) is 14.2 Å². The van der Waals surface area contributed by atoms with Crippen LogP contribution >= 0.6 is 0 Å². The number of fused-ring (bicyclic) bond motifs is 1. The van der Waals surface area contributed by atoms with Gasteiger partial charge in [0, 0.05) is 13.5 Å². The number of benzene rings is 1. The number of nitrogens with zero attached hydrogens (tertiary/aromatic N) is 4. The first kappa shape index (κ1) is 13.7. The number of halogens is 1. The molecule has 1 aromatic heterocycles. The van der Waals surface area contributed by atoms with Gasteiger partial charge in [-0.05, 0) is 5.56 Å². The van der Waals surface area contributed by atoms with Crippen LogP contribution in [0.4, 0.5) is 4.39 Å². The molecule has 1 aromatic carbocycles. The number of amides is 1. The highest BCUT2D eigenvalue weighted by molar-refractivity contribution is 5.89. The van der Waals surface area contributed by atoms with Crippen LogP contribution in [0.1, 0.15) is 40.6 Å². The normalized spacial score (nSPS) is 20.3. The van der Waals surface area contributed by atoms with Gasteiger partial charge in [0.05, 0.1) is 13.2 Å². The Morgan fingerprint density at radius 2 is 2.14 bits per heavy atom. The Balaban J connectivity index is 1.96. The van der Waals surface area contributed by atoms with Crippen LogP contribution in [-0.4, -0.2) is 39.9 Å². The Hall–Kier alpha value is -2.28. The first-order chi connectivity index (χ1) is 10.1. The van der Waals surface area contributed by atoms with Gasteiger partial charge in [0.1, 0.15) is 0 Å². The Kier molecular flexibility index (Phi) is 3.42. The molecular weight excluding hydrogens is 275 g/mol. The van der Waals surface area contributed by atoms with Gasteiger partial charge < -0.3 is 0 Å². The van der Waals surface area contributed by atoms with Crippen molar-refractivity contribution in [1.82, 2.24) is 19.8 Å². The van der Waals surface area contributed by atoms with Crippen LogP contribution in [0.15, 0.2) is 30.3 Å². The quantitative estimate of drug-likeness (QED) is 0.810. The smallest absolute Gasteiger partial charge is 0.274 e. The van der Waals surface area contributed by atoms with E-state index in [9.17, 15) is 9.18 Å². The molecule has 110 valence electrons. The minimum absolute atomic E-state index is 0.0577. The van der Waals surface area contributed by atoms with E-state index in [1.807, 2.05) is 30.3 Å². The second-order valence-electron chi connectivity index (χ2n) is 4.85. The Bertz CT molecular complexity index is 658. The van der Waals surface area contributed by atoms with Gasteiger partial charge in [-0.2, -0.15) is 0 Å². The molecule has 3 rings (SSSR count). The van der Waals surface area contributed by atoms with Crippen molar-refractivity contribution in [3.8, 4) is 0 Å². The number of carbonyl (C=O) groups is 1. The van der Waals surface area contributed by atoms with E-state index in [0.29, 0.717) is 0 Å². The van der Waals surface area contributed by atoms with Crippen molar-refractivity contribution in [2.24, 2.45) is 0 Å². The average Bonchev–Trinajstić information content (AvgIpc) is 3.07. The lowest BCUT2D eigenvalue weighted by Crippen LogP contribution is -2.26. The molecule has 0 saturated heterocycles. The summed E-state index contributed by atoms with van der Waals surface area (Å²) >= 11 is 0. The molecule has 0 radical (unpaired) electrons. The van der Waals surface area contributed by atoms with Gasteiger partial charge in [-0.3, -0.25) is 9.63 Å². The molecule has 0 fully saturated rings. The number of rotatable bonds is 3. The van der Waals surface area contributed by atoms with Gasteiger partial charge in [-0.25, -0.2) is 19.1 Å². The Morgan fingerprint density at radius 1 is 1.43 bits per heavy atom. The highest BCUT2D eigenvalue weighted by Gasteiger charge is 2.36. The third-order valence-corrected chi connectivity index (χ3v) is 3.60. The summed E-state index contributed by atoms with van der Waals surface area (Å²) in [4.78, 5) is 20.8. The summed E-state index contributed by atoms with van der Waals surface area (Å²) in [5.41, 5.74) is 0.947. The Morgan fingerprint density at radius 3 is 2.81 bits per heavy atom. The van der Waals surface area contributed by atoms with Crippen LogP contribution in [0, 0.1) is 0 Å². The molecule has 6 nitrogen and oxygen atoms in total. The van der Waals surface area contributed by atoms with Crippen LogP contribution < -0.4 is 0 Å². The predicted octanol–water partition coefficient (Wildman–Crippen LogP) is 1.92. The lowest BCUT2D eigenvalue weighted by atomic mass is 10.0. The van der Waals surface area contributed by atoms with E-state index < -0.39 is 12.1 Å². The molecule has 0 spiro atoms. The molecule has 0 aliphatic carbocycles. The van der Waals surface area contributed by atoms with Crippen LogP contribution in [0.5, 0.6) is 0 Å². The minimum atomic E-state index is -1.22. The number of hydroxylamine groups is 2. The molecule has 0 unspecified atom stereocenters. The topological polar surface area (TPSA) is 60.2 Å². The van der Waals surface area contributed by atoms with Crippen LogP contribution in [0.3, 0.4) is 0 Å². The summed E-state index contributed by atoms with van der Waals surface area (Å²) in [5.74, 6) is -0.368. The minimum Gasteiger partial charge on any atom is -0.274 e. The third-order valence-electron chi connectivity index (χ3n) is 3.60. The fourth-order valence-electron chi connectivity index (χ4n) is 2.45. The van der Waals surface area contributed by atoms with Crippen molar-refractivity contribution in [3.05, 3.63) is 47.5 Å². The van der Waals surface area contributed by atoms with Crippen molar-refractivity contribution >= 4 is 5.91 Å². The summed E-state index contributed by atoms with van der Waals surface area (Å²) in [6, 6.07) is 9.27. The maximum Gasteiger partial charge on any atom is 0.316 e.